The number of benzene rings is 1. The van der Waals surface area contributed by atoms with Gasteiger partial charge >= 0.3 is 0 Å². The Morgan fingerprint density at radius 3 is 2.74 bits per heavy atom. The standard InChI is InChI=1S/C17H24N2O3.ClH/c1-12-10-14(19-17(20)13-4-7-18-11-13)2-3-16(12)22-15-5-8-21-9-6-15;/h2-3,10,13,15,18H,4-9,11H2,1H3,(H,19,20);1H. The summed E-state index contributed by atoms with van der Waals surface area (Å²) in [6.45, 7) is 5.26. The van der Waals surface area contributed by atoms with Crippen LogP contribution in [0.2, 0.25) is 0 Å². The van der Waals surface area contributed by atoms with Crippen molar-refractivity contribution in [2.75, 3.05) is 31.6 Å². The van der Waals surface area contributed by atoms with Gasteiger partial charge in [-0.05, 0) is 43.7 Å². The molecule has 1 amide bonds. The fourth-order valence-corrected chi connectivity index (χ4v) is 2.96. The lowest BCUT2D eigenvalue weighted by atomic mass is 10.1. The maximum atomic E-state index is 12.1. The number of nitrogens with one attached hydrogen (secondary N) is 2. The van der Waals surface area contributed by atoms with Crippen LogP contribution < -0.4 is 15.4 Å². The molecule has 128 valence electrons. The van der Waals surface area contributed by atoms with Gasteiger partial charge in [-0.2, -0.15) is 0 Å². The molecule has 6 heteroatoms. The monoisotopic (exact) mass is 340 g/mol. The van der Waals surface area contributed by atoms with Crippen molar-refractivity contribution in [3.05, 3.63) is 23.8 Å². The summed E-state index contributed by atoms with van der Waals surface area (Å²) in [5, 5.41) is 6.21. The average Bonchev–Trinajstić information content (AvgIpc) is 3.05. The number of amides is 1. The largest absolute Gasteiger partial charge is 0.490 e. The molecule has 1 aromatic carbocycles. The number of ether oxygens (including phenoxy) is 2. The van der Waals surface area contributed by atoms with Gasteiger partial charge in [-0.25, -0.2) is 0 Å². The molecular formula is C17H25ClN2O3. The Kier molecular flexibility index (Phi) is 6.69. The normalized spacial score (nSPS) is 21.5. The van der Waals surface area contributed by atoms with Crippen molar-refractivity contribution in [2.24, 2.45) is 5.92 Å². The van der Waals surface area contributed by atoms with Gasteiger partial charge < -0.3 is 20.1 Å². The van der Waals surface area contributed by atoms with Crippen molar-refractivity contribution in [1.82, 2.24) is 5.32 Å². The molecule has 2 aliphatic heterocycles. The van der Waals surface area contributed by atoms with Crippen molar-refractivity contribution in [2.45, 2.75) is 32.3 Å². The van der Waals surface area contributed by atoms with Gasteiger partial charge in [0.05, 0.1) is 19.1 Å². The molecule has 1 atom stereocenters. The van der Waals surface area contributed by atoms with Crippen LogP contribution >= 0.6 is 12.4 Å². The molecule has 2 aliphatic rings. The number of carbonyl (C=O) groups excluding carboxylic acids is 1. The third-order valence-electron chi connectivity index (χ3n) is 4.34. The zero-order valence-electron chi connectivity index (χ0n) is 13.5. The molecule has 0 spiro atoms. The Bertz CT molecular complexity index is 527. The number of anilines is 1. The summed E-state index contributed by atoms with van der Waals surface area (Å²) in [7, 11) is 0. The molecule has 5 nitrogen and oxygen atoms in total. The summed E-state index contributed by atoms with van der Waals surface area (Å²) in [5.74, 6) is 1.08. The number of rotatable bonds is 4. The topological polar surface area (TPSA) is 59.6 Å². The van der Waals surface area contributed by atoms with Gasteiger partial charge in [-0.1, -0.05) is 0 Å². The Balaban J connectivity index is 0.00000192. The highest BCUT2D eigenvalue weighted by atomic mass is 35.5. The minimum absolute atomic E-state index is 0. The molecule has 2 heterocycles. The van der Waals surface area contributed by atoms with Crippen LogP contribution in [-0.4, -0.2) is 38.3 Å². The molecule has 1 unspecified atom stereocenters. The van der Waals surface area contributed by atoms with E-state index in [1.54, 1.807) is 0 Å². The summed E-state index contributed by atoms with van der Waals surface area (Å²) in [4.78, 5) is 12.1. The fraction of sp³-hybridized carbons (Fsp3) is 0.588. The predicted molar refractivity (Wildman–Crippen MR) is 92.5 cm³/mol. The van der Waals surface area contributed by atoms with Crippen molar-refractivity contribution in [3.63, 3.8) is 0 Å². The summed E-state index contributed by atoms with van der Waals surface area (Å²) >= 11 is 0. The second kappa shape index (κ2) is 8.52. The first-order valence-electron chi connectivity index (χ1n) is 8.09. The molecule has 0 bridgehead atoms. The molecule has 0 aromatic heterocycles. The molecule has 2 N–H and O–H groups in total. The third-order valence-corrected chi connectivity index (χ3v) is 4.34. The summed E-state index contributed by atoms with van der Waals surface area (Å²) < 4.78 is 11.4. The highest BCUT2D eigenvalue weighted by Crippen LogP contribution is 2.25. The van der Waals surface area contributed by atoms with Crippen LogP contribution in [0.3, 0.4) is 0 Å². The highest BCUT2D eigenvalue weighted by molar-refractivity contribution is 5.93. The maximum Gasteiger partial charge on any atom is 0.228 e. The molecule has 23 heavy (non-hydrogen) atoms. The lowest BCUT2D eigenvalue weighted by molar-refractivity contribution is -0.119. The van der Waals surface area contributed by atoms with Gasteiger partial charge in [-0.15, -0.1) is 12.4 Å². The number of hydrogen-bond acceptors (Lipinski definition) is 4. The van der Waals surface area contributed by atoms with Crippen LogP contribution in [-0.2, 0) is 9.53 Å². The first kappa shape index (κ1) is 18.0. The Hall–Kier alpha value is -1.30. The van der Waals surface area contributed by atoms with E-state index in [1.807, 2.05) is 25.1 Å². The second-order valence-corrected chi connectivity index (χ2v) is 6.09. The van der Waals surface area contributed by atoms with Gasteiger partial charge in [0.25, 0.3) is 0 Å². The van der Waals surface area contributed by atoms with E-state index in [1.165, 1.54) is 0 Å². The van der Waals surface area contributed by atoms with Crippen LogP contribution in [0, 0.1) is 12.8 Å². The predicted octanol–water partition coefficient (Wildman–Crippen LogP) is 2.52. The van der Waals surface area contributed by atoms with Crippen LogP contribution in [0.5, 0.6) is 5.75 Å². The Morgan fingerprint density at radius 1 is 1.30 bits per heavy atom. The average molecular weight is 341 g/mol. The highest BCUT2D eigenvalue weighted by Gasteiger charge is 2.22. The van der Waals surface area contributed by atoms with Crippen LogP contribution in [0.25, 0.3) is 0 Å². The fourth-order valence-electron chi connectivity index (χ4n) is 2.96. The SMILES string of the molecule is Cc1cc(NC(=O)C2CCNC2)ccc1OC1CCOCC1.Cl. The van der Waals surface area contributed by atoms with E-state index in [4.69, 9.17) is 9.47 Å². The second-order valence-electron chi connectivity index (χ2n) is 6.09. The lowest BCUT2D eigenvalue weighted by Gasteiger charge is -2.24. The number of hydrogen-bond donors (Lipinski definition) is 2. The first-order chi connectivity index (χ1) is 10.7. The lowest BCUT2D eigenvalue weighted by Crippen LogP contribution is -2.26. The molecule has 1 aromatic rings. The van der Waals surface area contributed by atoms with E-state index >= 15 is 0 Å². The minimum atomic E-state index is 0. The van der Waals surface area contributed by atoms with Crippen LogP contribution in [0.4, 0.5) is 5.69 Å². The maximum absolute atomic E-state index is 12.1. The molecule has 0 radical (unpaired) electrons. The van der Waals surface area contributed by atoms with Crippen molar-refractivity contribution in [1.29, 1.82) is 0 Å². The van der Waals surface area contributed by atoms with Gasteiger partial charge in [0, 0.05) is 25.1 Å². The van der Waals surface area contributed by atoms with Gasteiger partial charge in [0.2, 0.25) is 5.91 Å². The van der Waals surface area contributed by atoms with E-state index in [-0.39, 0.29) is 30.3 Å². The summed E-state index contributed by atoms with van der Waals surface area (Å²) in [6, 6.07) is 5.85. The van der Waals surface area contributed by atoms with E-state index in [0.717, 1.165) is 62.6 Å². The number of aryl methyl sites for hydroxylation is 1. The van der Waals surface area contributed by atoms with E-state index in [9.17, 15) is 4.79 Å². The molecule has 2 fully saturated rings. The van der Waals surface area contributed by atoms with E-state index < -0.39 is 0 Å². The molecule has 0 saturated carbocycles. The Labute approximate surface area is 143 Å². The van der Waals surface area contributed by atoms with Crippen molar-refractivity contribution < 1.29 is 14.3 Å². The van der Waals surface area contributed by atoms with Gasteiger partial charge in [0.1, 0.15) is 11.9 Å². The molecule has 0 aliphatic carbocycles. The van der Waals surface area contributed by atoms with Gasteiger partial charge in [0.15, 0.2) is 0 Å². The zero-order chi connectivity index (χ0) is 15.4. The van der Waals surface area contributed by atoms with Gasteiger partial charge in [-0.3, -0.25) is 4.79 Å². The molecule has 3 rings (SSSR count). The summed E-state index contributed by atoms with van der Waals surface area (Å²) in [6.07, 6.45) is 3.02. The smallest absolute Gasteiger partial charge is 0.228 e. The van der Waals surface area contributed by atoms with Crippen molar-refractivity contribution in [3.8, 4) is 5.75 Å². The third kappa shape index (κ3) is 4.83. The Morgan fingerprint density at radius 2 is 2.09 bits per heavy atom. The minimum Gasteiger partial charge on any atom is -0.490 e. The first-order valence-corrected chi connectivity index (χ1v) is 8.09. The van der Waals surface area contributed by atoms with E-state index in [0.29, 0.717) is 0 Å². The van der Waals surface area contributed by atoms with Crippen molar-refractivity contribution >= 4 is 24.0 Å². The number of halogens is 1. The quantitative estimate of drug-likeness (QED) is 0.884. The number of carbonyl (C=O) groups is 1. The molecule has 2 saturated heterocycles. The molecular weight excluding hydrogens is 316 g/mol. The van der Waals surface area contributed by atoms with Crippen LogP contribution in [0.1, 0.15) is 24.8 Å². The zero-order valence-corrected chi connectivity index (χ0v) is 14.3. The van der Waals surface area contributed by atoms with E-state index in [2.05, 4.69) is 10.6 Å². The van der Waals surface area contributed by atoms with Crippen LogP contribution in [0.15, 0.2) is 18.2 Å². The summed E-state index contributed by atoms with van der Waals surface area (Å²) in [5.41, 5.74) is 1.89.